The number of nitriles is 1. The Kier molecular flexibility index (Phi) is 7.50. The Labute approximate surface area is 211 Å². The molecule has 0 saturated carbocycles. The van der Waals surface area contributed by atoms with Gasteiger partial charge in [0.2, 0.25) is 0 Å². The first-order valence-electron chi connectivity index (χ1n) is 8.65. The predicted octanol–water partition coefficient (Wildman–Crippen LogP) is 7.12. The van der Waals surface area contributed by atoms with Gasteiger partial charge in [0.1, 0.15) is 5.75 Å². The Morgan fingerprint density at radius 1 is 1.10 bits per heavy atom. The van der Waals surface area contributed by atoms with Gasteiger partial charge in [0, 0.05) is 10.6 Å². The third-order valence-corrected chi connectivity index (χ3v) is 6.74. The number of nitrogens with one attached hydrogen (secondary N) is 1. The standard InChI is InChI=1S/C22H14Cl2I2N2O2/c1-11-6-20(28-22(30)13-7-18(25)21(29)19(26)8-13)17(24)9-15(11)16(10-27)12-2-4-14(23)5-3-12/h2-9,16,29H,1H3,(H,28,30). The second kappa shape index (κ2) is 9.73. The molecule has 0 bridgehead atoms. The summed E-state index contributed by atoms with van der Waals surface area (Å²) in [7, 11) is 0. The molecule has 0 aliphatic heterocycles. The highest BCUT2D eigenvalue weighted by Gasteiger charge is 2.19. The maximum absolute atomic E-state index is 12.7. The number of rotatable bonds is 4. The summed E-state index contributed by atoms with van der Waals surface area (Å²) in [6.07, 6.45) is 0. The average Bonchev–Trinajstić information content (AvgIpc) is 2.71. The van der Waals surface area contributed by atoms with E-state index < -0.39 is 5.92 Å². The first-order valence-corrected chi connectivity index (χ1v) is 11.6. The highest BCUT2D eigenvalue weighted by Crippen LogP contribution is 2.34. The largest absolute Gasteiger partial charge is 0.506 e. The van der Waals surface area contributed by atoms with Gasteiger partial charge in [-0.05, 0) is 105 Å². The summed E-state index contributed by atoms with van der Waals surface area (Å²) in [6.45, 7) is 1.87. The van der Waals surface area contributed by atoms with Crippen LogP contribution in [-0.4, -0.2) is 11.0 Å². The van der Waals surface area contributed by atoms with E-state index in [9.17, 15) is 15.2 Å². The number of phenols is 1. The van der Waals surface area contributed by atoms with E-state index in [-0.39, 0.29) is 11.7 Å². The summed E-state index contributed by atoms with van der Waals surface area (Å²) in [5.74, 6) is -0.699. The van der Waals surface area contributed by atoms with Crippen molar-refractivity contribution in [2.75, 3.05) is 5.32 Å². The number of aromatic hydroxyl groups is 1. The Morgan fingerprint density at radius 2 is 1.70 bits per heavy atom. The van der Waals surface area contributed by atoms with Gasteiger partial charge >= 0.3 is 0 Å². The molecule has 30 heavy (non-hydrogen) atoms. The molecule has 3 aromatic rings. The van der Waals surface area contributed by atoms with Crippen LogP contribution in [0.2, 0.25) is 10.0 Å². The van der Waals surface area contributed by atoms with Crippen LogP contribution in [0.4, 0.5) is 5.69 Å². The monoisotopic (exact) mass is 662 g/mol. The molecule has 3 aromatic carbocycles. The third kappa shape index (κ3) is 5.02. The number of phenolic OH excluding ortho intramolecular Hbond substituents is 1. The zero-order valence-electron chi connectivity index (χ0n) is 15.5. The lowest BCUT2D eigenvalue weighted by atomic mass is 9.89. The van der Waals surface area contributed by atoms with Crippen molar-refractivity contribution in [3.63, 3.8) is 0 Å². The van der Waals surface area contributed by atoms with Crippen molar-refractivity contribution in [3.05, 3.63) is 88.0 Å². The molecule has 1 atom stereocenters. The number of nitrogens with zero attached hydrogens (tertiary/aromatic N) is 1. The minimum Gasteiger partial charge on any atom is -0.506 e. The molecule has 0 spiro atoms. The number of amides is 1. The van der Waals surface area contributed by atoms with Gasteiger partial charge in [0.15, 0.2) is 0 Å². The van der Waals surface area contributed by atoms with Crippen LogP contribution in [0, 0.1) is 25.4 Å². The van der Waals surface area contributed by atoms with Gasteiger partial charge in [-0.2, -0.15) is 5.26 Å². The summed E-state index contributed by atoms with van der Waals surface area (Å²) in [5, 5.41) is 23.4. The van der Waals surface area contributed by atoms with Crippen molar-refractivity contribution in [2.45, 2.75) is 12.8 Å². The van der Waals surface area contributed by atoms with E-state index in [0.29, 0.717) is 28.4 Å². The SMILES string of the molecule is Cc1cc(NC(=O)c2cc(I)c(O)c(I)c2)c(Cl)cc1C(C#N)c1ccc(Cl)cc1. The lowest BCUT2D eigenvalue weighted by Gasteiger charge is -2.16. The van der Waals surface area contributed by atoms with Crippen molar-refractivity contribution in [2.24, 2.45) is 0 Å². The Balaban J connectivity index is 1.92. The summed E-state index contributed by atoms with van der Waals surface area (Å²) in [5.41, 5.74) is 3.26. The fraction of sp³-hybridized carbons (Fsp3) is 0.0909. The number of carbonyl (C=O) groups is 1. The minimum atomic E-state index is -0.509. The second-order valence-corrected chi connectivity index (χ2v) is 9.71. The quantitative estimate of drug-likeness (QED) is 0.292. The lowest BCUT2D eigenvalue weighted by molar-refractivity contribution is 0.102. The van der Waals surface area contributed by atoms with Gasteiger partial charge in [-0.15, -0.1) is 0 Å². The molecule has 4 nitrogen and oxygen atoms in total. The van der Waals surface area contributed by atoms with E-state index in [2.05, 4.69) is 11.4 Å². The van der Waals surface area contributed by atoms with Gasteiger partial charge in [0.05, 0.1) is 29.8 Å². The summed E-state index contributed by atoms with van der Waals surface area (Å²) >= 11 is 16.3. The first kappa shape index (κ1) is 23.1. The number of benzene rings is 3. The van der Waals surface area contributed by atoms with Gasteiger partial charge in [-0.3, -0.25) is 4.79 Å². The average molecular weight is 663 g/mol. The van der Waals surface area contributed by atoms with Crippen LogP contribution in [0.15, 0.2) is 48.5 Å². The minimum absolute atomic E-state index is 0.149. The summed E-state index contributed by atoms with van der Waals surface area (Å²) in [6, 6.07) is 16.1. The number of hydrogen-bond acceptors (Lipinski definition) is 3. The van der Waals surface area contributed by atoms with Crippen molar-refractivity contribution >= 4 is 80.0 Å². The van der Waals surface area contributed by atoms with E-state index in [1.54, 1.807) is 36.4 Å². The molecule has 3 rings (SSSR count). The van der Waals surface area contributed by atoms with E-state index in [1.807, 2.05) is 64.2 Å². The van der Waals surface area contributed by atoms with Gasteiger partial charge in [0.25, 0.3) is 5.91 Å². The Hall–Kier alpha value is -1.54. The van der Waals surface area contributed by atoms with Crippen LogP contribution in [-0.2, 0) is 0 Å². The molecule has 8 heteroatoms. The Morgan fingerprint density at radius 3 is 2.27 bits per heavy atom. The number of halogens is 4. The zero-order chi connectivity index (χ0) is 22.0. The summed E-state index contributed by atoms with van der Waals surface area (Å²) in [4.78, 5) is 12.7. The molecule has 152 valence electrons. The molecule has 0 aromatic heterocycles. The van der Waals surface area contributed by atoms with Crippen molar-refractivity contribution in [3.8, 4) is 11.8 Å². The van der Waals surface area contributed by atoms with Crippen LogP contribution in [0.5, 0.6) is 5.75 Å². The normalized spacial score (nSPS) is 11.6. The van der Waals surface area contributed by atoms with E-state index in [1.165, 1.54) is 0 Å². The van der Waals surface area contributed by atoms with E-state index >= 15 is 0 Å². The molecule has 0 heterocycles. The molecule has 2 N–H and O–H groups in total. The van der Waals surface area contributed by atoms with Crippen molar-refractivity contribution in [1.29, 1.82) is 5.26 Å². The highest BCUT2D eigenvalue weighted by atomic mass is 127. The fourth-order valence-corrected chi connectivity index (χ4v) is 5.09. The molecule has 0 aliphatic carbocycles. The fourth-order valence-electron chi connectivity index (χ4n) is 2.97. The van der Waals surface area contributed by atoms with Crippen molar-refractivity contribution < 1.29 is 9.90 Å². The van der Waals surface area contributed by atoms with Gasteiger partial charge in [-0.25, -0.2) is 0 Å². The third-order valence-electron chi connectivity index (χ3n) is 4.53. The summed E-state index contributed by atoms with van der Waals surface area (Å²) < 4.78 is 1.17. The molecule has 0 saturated heterocycles. The molecule has 1 unspecified atom stereocenters. The van der Waals surface area contributed by atoms with E-state index in [4.69, 9.17) is 23.2 Å². The Bertz CT molecular complexity index is 1150. The van der Waals surface area contributed by atoms with Crippen LogP contribution in [0.1, 0.15) is 33.0 Å². The van der Waals surface area contributed by atoms with Crippen LogP contribution < -0.4 is 5.32 Å². The molecular weight excluding hydrogens is 649 g/mol. The maximum atomic E-state index is 12.7. The van der Waals surface area contributed by atoms with Crippen molar-refractivity contribution in [1.82, 2.24) is 0 Å². The molecule has 0 aliphatic rings. The molecule has 1 amide bonds. The number of anilines is 1. The van der Waals surface area contributed by atoms with Crippen LogP contribution in [0.3, 0.4) is 0 Å². The maximum Gasteiger partial charge on any atom is 0.255 e. The molecular formula is C22H14Cl2I2N2O2. The van der Waals surface area contributed by atoms with Gasteiger partial charge < -0.3 is 10.4 Å². The van der Waals surface area contributed by atoms with Crippen LogP contribution in [0.25, 0.3) is 0 Å². The molecule has 0 radical (unpaired) electrons. The van der Waals surface area contributed by atoms with E-state index in [0.717, 1.165) is 16.7 Å². The smallest absolute Gasteiger partial charge is 0.255 e. The highest BCUT2D eigenvalue weighted by molar-refractivity contribution is 14.1. The predicted molar refractivity (Wildman–Crippen MR) is 137 cm³/mol. The topological polar surface area (TPSA) is 73.1 Å². The number of hydrogen-bond donors (Lipinski definition) is 2. The van der Waals surface area contributed by atoms with Crippen LogP contribution >= 0.6 is 68.4 Å². The number of carbonyl (C=O) groups excluding carboxylic acids is 1. The zero-order valence-corrected chi connectivity index (χ0v) is 21.3. The van der Waals surface area contributed by atoms with Gasteiger partial charge in [-0.1, -0.05) is 35.3 Å². The second-order valence-electron chi connectivity index (χ2n) is 6.54. The lowest BCUT2D eigenvalue weighted by Crippen LogP contribution is -2.13. The first-order chi connectivity index (χ1) is 14.2. The molecule has 0 fully saturated rings. The number of aryl methyl sites for hydroxylation is 1.